The van der Waals surface area contributed by atoms with Crippen LogP contribution in [0.25, 0.3) is 0 Å². The van der Waals surface area contributed by atoms with Crippen LogP contribution in [0.4, 0.5) is 0 Å². The van der Waals surface area contributed by atoms with E-state index in [0.717, 1.165) is 32.1 Å². The number of carbonyl (C=O) groups excluding carboxylic acids is 1. The average Bonchev–Trinajstić information content (AvgIpc) is 2.65. The lowest BCUT2D eigenvalue weighted by molar-refractivity contribution is -0.126. The molecule has 1 fully saturated rings. The fraction of sp³-hybridized carbons (Fsp3) is 0.650. The first kappa shape index (κ1) is 16.3. The second-order valence-corrected chi connectivity index (χ2v) is 7.49. The van der Waals surface area contributed by atoms with E-state index in [1.807, 2.05) is 0 Å². The first-order valence-electron chi connectivity index (χ1n) is 8.34. The predicted molar refractivity (Wildman–Crippen MR) is 90.1 cm³/mol. The van der Waals surface area contributed by atoms with Crippen LogP contribution in [0.3, 0.4) is 0 Å². The first-order chi connectivity index (χ1) is 9.84. The Labute approximate surface area is 130 Å². The van der Waals surface area contributed by atoms with Crippen molar-refractivity contribution in [3.8, 4) is 0 Å². The smallest absolute Gasteiger partial charge is 0.139 e. The number of carbonyl (C=O) groups is 1. The van der Waals surface area contributed by atoms with Crippen LogP contribution in [-0.2, 0) is 4.79 Å². The highest BCUT2D eigenvalue weighted by molar-refractivity contribution is 5.88. The van der Waals surface area contributed by atoms with Crippen molar-refractivity contribution in [3.05, 3.63) is 35.5 Å². The molecule has 0 bridgehead atoms. The van der Waals surface area contributed by atoms with Gasteiger partial charge in [-0.25, -0.2) is 0 Å². The van der Waals surface area contributed by atoms with Gasteiger partial charge in [-0.3, -0.25) is 4.79 Å². The zero-order valence-electron chi connectivity index (χ0n) is 14.2. The van der Waals surface area contributed by atoms with Gasteiger partial charge in [-0.05, 0) is 64.7 Å². The maximum atomic E-state index is 12.7. The van der Waals surface area contributed by atoms with Crippen LogP contribution in [0.1, 0.15) is 66.2 Å². The summed E-state index contributed by atoms with van der Waals surface area (Å²) in [5.74, 6) is 1.28. The van der Waals surface area contributed by atoms with Gasteiger partial charge in [-0.2, -0.15) is 0 Å². The van der Waals surface area contributed by atoms with Gasteiger partial charge in [0.25, 0.3) is 0 Å². The third-order valence-electron chi connectivity index (χ3n) is 5.74. The predicted octanol–water partition coefficient (Wildman–Crippen LogP) is 5.63. The fourth-order valence-corrected chi connectivity index (χ4v) is 4.05. The van der Waals surface area contributed by atoms with Gasteiger partial charge in [0, 0.05) is 11.8 Å². The average molecular weight is 286 g/mol. The van der Waals surface area contributed by atoms with Crippen LogP contribution in [0.2, 0.25) is 0 Å². The lowest BCUT2D eigenvalue weighted by Crippen LogP contribution is -2.30. The highest BCUT2D eigenvalue weighted by Gasteiger charge is 2.50. The van der Waals surface area contributed by atoms with E-state index in [2.05, 4.69) is 46.4 Å². The molecule has 0 aliphatic heterocycles. The van der Waals surface area contributed by atoms with Crippen molar-refractivity contribution in [1.29, 1.82) is 0 Å². The summed E-state index contributed by atoms with van der Waals surface area (Å²) in [7, 11) is 0. The Hall–Kier alpha value is -1.11. The summed E-state index contributed by atoms with van der Waals surface area (Å²) in [5.41, 5.74) is 3.91. The number of fused-ring (bicyclic) bond motifs is 1. The summed E-state index contributed by atoms with van der Waals surface area (Å²) in [6.45, 7) is 12.9. The van der Waals surface area contributed by atoms with Gasteiger partial charge in [-0.15, -0.1) is 0 Å². The third-order valence-corrected chi connectivity index (χ3v) is 5.74. The lowest BCUT2D eigenvalue weighted by Gasteiger charge is -2.32. The second-order valence-electron chi connectivity index (χ2n) is 7.49. The van der Waals surface area contributed by atoms with E-state index in [4.69, 9.17) is 0 Å². The molecular weight excluding hydrogens is 256 g/mol. The van der Waals surface area contributed by atoms with E-state index in [1.165, 1.54) is 16.7 Å². The number of hydrogen-bond acceptors (Lipinski definition) is 1. The number of allylic oxidation sites excluding steroid dienone is 5. The highest BCUT2D eigenvalue weighted by atomic mass is 16.1. The fourth-order valence-electron chi connectivity index (χ4n) is 4.05. The Morgan fingerprint density at radius 1 is 1.24 bits per heavy atom. The van der Waals surface area contributed by atoms with E-state index in [0.29, 0.717) is 24.0 Å². The zero-order chi connectivity index (χ0) is 15.6. The number of rotatable bonds is 1. The molecule has 2 aliphatic carbocycles. The van der Waals surface area contributed by atoms with Crippen molar-refractivity contribution in [2.24, 2.45) is 17.3 Å². The summed E-state index contributed by atoms with van der Waals surface area (Å²) in [4.78, 5) is 12.7. The van der Waals surface area contributed by atoms with Crippen molar-refractivity contribution in [1.82, 2.24) is 0 Å². The second kappa shape index (κ2) is 6.34. The Kier molecular flexibility index (Phi) is 4.91. The van der Waals surface area contributed by atoms with E-state index >= 15 is 0 Å². The van der Waals surface area contributed by atoms with E-state index in [9.17, 15) is 4.79 Å². The standard InChI is InChI=1S/C20H30O/c1-14(2)17-13-19(21)20(5)12-11-16(4)8-6-7-15(3)9-10-18(17)20/h7,11,17-18H,1,6,8-10,12-13H2,2-5H3/b15-7+,16-11+/t17-,18-,20+/m0/s1. The molecule has 0 spiro atoms. The molecule has 21 heavy (non-hydrogen) atoms. The molecule has 2 aliphatic rings. The van der Waals surface area contributed by atoms with Gasteiger partial charge < -0.3 is 0 Å². The van der Waals surface area contributed by atoms with Crippen molar-refractivity contribution < 1.29 is 4.79 Å². The van der Waals surface area contributed by atoms with Gasteiger partial charge in [0.05, 0.1) is 0 Å². The van der Waals surface area contributed by atoms with Crippen molar-refractivity contribution >= 4 is 5.78 Å². The van der Waals surface area contributed by atoms with Crippen LogP contribution >= 0.6 is 0 Å². The van der Waals surface area contributed by atoms with Gasteiger partial charge in [0.2, 0.25) is 0 Å². The maximum absolute atomic E-state index is 12.7. The maximum Gasteiger partial charge on any atom is 0.139 e. The molecule has 3 atom stereocenters. The van der Waals surface area contributed by atoms with Crippen LogP contribution in [0, 0.1) is 17.3 Å². The molecule has 1 saturated carbocycles. The molecule has 0 N–H and O–H groups in total. The zero-order valence-corrected chi connectivity index (χ0v) is 14.2. The minimum atomic E-state index is -0.185. The van der Waals surface area contributed by atoms with Crippen LogP contribution in [-0.4, -0.2) is 5.78 Å². The number of hydrogen-bond donors (Lipinski definition) is 0. The first-order valence-corrected chi connectivity index (χ1v) is 8.34. The monoisotopic (exact) mass is 286 g/mol. The van der Waals surface area contributed by atoms with E-state index in [1.54, 1.807) is 0 Å². The molecule has 0 heterocycles. The molecule has 0 unspecified atom stereocenters. The number of ketones is 1. The van der Waals surface area contributed by atoms with Crippen molar-refractivity contribution in [3.63, 3.8) is 0 Å². The van der Waals surface area contributed by atoms with E-state index in [-0.39, 0.29) is 5.41 Å². The van der Waals surface area contributed by atoms with Crippen LogP contribution < -0.4 is 0 Å². The molecule has 1 nitrogen and oxygen atoms in total. The highest BCUT2D eigenvalue weighted by Crippen LogP contribution is 2.51. The molecule has 0 amide bonds. The Balaban J connectivity index is 2.36. The third kappa shape index (κ3) is 3.39. The Morgan fingerprint density at radius 3 is 2.57 bits per heavy atom. The summed E-state index contributed by atoms with van der Waals surface area (Å²) >= 11 is 0. The molecule has 116 valence electrons. The minimum absolute atomic E-state index is 0.185. The quantitative estimate of drug-likeness (QED) is 0.571. The molecular formula is C20H30O. The van der Waals surface area contributed by atoms with Crippen molar-refractivity contribution in [2.75, 3.05) is 0 Å². The molecule has 1 heteroatoms. The normalized spacial score (nSPS) is 39.5. The molecule has 0 aromatic carbocycles. The summed E-state index contributed by atoms with van der Waals surface area (Å²) < 4.78 is 0. The van der Waals surface area contributed by atoms with E-state index < -0.39 is 0 Å². The molecule has 0 radical (unpaired) electrons. The van der Waals surface area contributed by atoms with Gasteiger partial charge in [0.15, 0.2) is 0 Å². The topological polar surface area (TPSA) is 17.1 Å². The lowest BCUT2D eigenvalue weighted by atomic mass is 9.70. The summed E-state index contributed by atoms with van der Waals surface area (Å²) in [5, 5.41) is 0. The SMILES string of the molecule is C=C(C)[C@@H]1CC(=O)[C@]2(C)C/C=C(\C)CC/C=C(\C)CC[C@@H]12. The minimum Gasteiger partial charge on any atom is -0.299 e. The van der Waals surface area contributed by atoms with Gasteiger partial charge in [-0.1, -0.05) is 42.4 Å². The molecule has 0 saturated heterocycles. The van der Waals surface area contributed by atoms with Crippen molar-refractivity contribution in [2.45, 2.75) is 66.2 Å². The Bertz CT molecular complexity index is 494. The molecule has 0 aromatic heterocycles. The molecule has 2 rings (SSSR count). The summed E-state index contributed by atoms with van der Waals surface area (Å²) in [6, 6.07) is 0. The molecule has 0 aromatic rings. The van der Waals surface area contributed by atoms with Crippen LogP contribution in [0.5, 0.6) is 0 Å². The Morgan fingerprint density at radius 2 is 1.90 bits per heavy atom. The van der Waals surface area contributed by atoms with Crippen LogP contribution in [0.15, 0.2) is 35.5 Å². The summed E-state index contributed by atoms with van der Waals surface area (Å²) in [6.07, 6.45) is 10.8. The van der Waals surface area contributed by atoms with Gasteiger partial charge in [0.1, 0.15) is 5.78 Å². The number of Topliss-reactive ketones (excluding diaryl/α,β-unsaturated/α-hetero) is 1. The largest absolute Gasteiger partial charge is 0.299 e. The van der Waals surface area contributed by atoms with Gasteiger partial charge >= 0.3 is 0 Å².